The van der Waals surface area contributed by atoms with Crippen molar-refractivity contribution >= 4 is 29.4 Å². The average Bonchev–Trinajstić information content (AvgIpc) is 3.14. The van der Waals surface area contributed by atoms with Crippen LogP contribution in [0.3, 0.4) is 0 Å². The number of nitrogens with zero attached hydrogens (tertiary/aromatic N) is 2. The molecule has 0 aromatic rings. The third-order valence-corrected chi connectivity index (χ3v) is 5.54. The fraction of sp³-hybridized carbons (Fsp3) is 0.350. The second-order valence-corrected chi connectivity index (χ2v) is 7.79. The van der Waals surface area contributed by atoms with Gasteiger partial charge in [-0.2, -0.15) is 0 Å². The van der Waals surface area contributed by atoms with E-state index in [1.54, 1.807) is 18.5 Å². The molecule has 3 rings (SSSR count). The van der Waals surface area contributed by atoms with Crippen LogP contribution in [-0.4, -0.2) is 54.6 Å². The highest BCUT2D eigenvalue weighted by molar-refractivity contribution is 6.31. The van der Waals surface area contributed by atoms with Gasteiger partial charge in [-0.15, -0.1) is 0 Å². The van der Waals surface area contributed by atoms with Crippen LogP contribution >= 0.6 is 11.6 Å². The maximum Gasteiger partial charge on any atom is 0.326 e. The average molecular weight is 448 g/mol. The number of rotatable bonds is 9. The topological polar surface area (TPSA) is 171 Å². The van der Waals surface area contributed by atoms with Gasteiger partial charge in [-0.3, -0.25) is 9.59 Å². The smallest absolute Gasteiger partial charge is 0.326 e. The molecule has 0 fully saturated rings. The summed E-state index contributed by atoms with van der Waals surface area (Å²) in [6.07, 6.45) is 9.86. The molecule has 11 heteroatoms. The molecule has 0 bridgehead atoms. The predicted octanol–water partition coefficient (Wildman–Crippen LogP) is 1.28. The number of nitrogens with two attached hydrogens (primary N) is 1. The number of carbonyl (C=O) groups excluding carboxylic acids is 1. The van der Waals surface area contributed by atoms with Crippen LogP contribution in [-0.2, 0) is 20.8 Å². The molecule has 1 amide bonds. The maximum atomic E-state index is 13.0. The Morgan fingerprint density at radius 2 is 2.10 bits per heavy atom. The van der Waals surface area contributed by atoms with Crippen LogP contribution in [0.15, 0.2) is 42.0 Å². The van der Waals surface area contributed by atoms with Gasteiger partial charge in [0.15, 0.2) is 0 Å². The fourth-order valence-corrected chi connectivity index (χ4v) is 3.73. The van der Waals surface area contributed by atoms with Crippen molar-refractivity contribution in [2.75, 3.05) is 0 Å². The van der Waals surface area contributed by atoms with Crippen molar-refractivity contribution in [3.05, 3.63) is 47.5 Å². The van der Waals surface area contributed by atoms with Crippen LogP contribution in [0, 0.1) is 5.92 Å². The van der Waals surface area contributed by atoms with E-state index in [4.69, 9.17) is 22.4 Å². The van der Waals surface area contributed by atoms with Crippen LogP contribution in [0.2, 0.25) is 0 Å². The summed E-state index contributed by atoms with van der Waals surface area (Å²) in [5.74, 6) is -3.03. The third kappa shape index (κ3) is 5.09. The standard InChI is InChI=1S/C20H22ClN5O5/c21-13-5-6-20(22,19(31)26-15(18(29)30)3-4-16(27)28)12(7-13)2-1-11-8-24-17-14(11)9-23-10-25-17/h5-10,12,15H,1-4,22H2,(H,26,31)(H,27,28)(H,29,30)(H,23,24,25)/t12?,15-,20?/m0/s1. The van der Waals surface area contributed by atoms with E-state index in [1.165, 1.54) is 18.5 Å². The number of aromatic amines is 1. The number of halogens is 1. The largest absolute Gasteiger partial charge is 0.481 e. The summed E-state index contributed by atoms with van der Waals surface area (Å²) in [5, 5.41) is 20.9. The lowest BCUT2D eigenvalue weighted by Crippen LogP contribution is -2.60. The number of aliphatic carboxylic acids is 2. The lowest BCUT2D eigenvalue weighted by atomic mass is 9.77. The summed E-state index contributed by atoms with van der Waals surface area (Å²) in [7, 11) is 0. The predicted molar refractivity (Wildman–Crippen MR) is 111 cm³/mol. The Labute approximate surface area is 182 Å². The minimum Gasteiger partial charge on any atom is -0.481 e. The highest BCUT2D eigenvalue weighted by Gasteiger charge is 2.42. The molecule has 2 heterocycles. The minimum absolute atomic E-state index is 0.258. The molecule has 31 heavy (non-hydrogen) atoms. The fourth-order valence-electron chi connectivity index (χ4n) is 3.51. The third-order valence-electron chi connectivity index (χ3n) is 5.29. The summed E-state index contributed by atoms with van der Waals surface area (Å²) >= 11 is 6.14. The molecular formula is C20H22ClN5O5. The zero-order valence-electron chi connectivity index (χ0n) is 16.4. The van der Waals surface area contributed by atoms with E-state index >= 15 is 0 Å². The second kappa shape index (κ2) is 9.27. The van der Waals surface area contributed by atoms with Crippen LogP contribution in [0.4, 0.5) is 0 Å². The number of allylic oxidation sites excluding steroid dienone is 2. The molecule has 10 nitrogen and oxygen atoms in total. The summed E-state index contributed by atoms with van der Waals surface area (Å²) < 4.78 is 0. The zero-order chi connectivity index (χ0) is 22.6. The maximum absolute atomic E-state index is 13.0. The quantitative estimate of drug-likeness (QED) is 0.382. The molecule has 0 aromatic heterocycles. The summed E-state index contributed by atoms with van der Waals surface area (Å²) in [6.45, 7) is 0. The van der Waals surface area contributed by atoms with Gasteiger partial charge in [0.2, 0.25) is 5.91 Å². The Balaban J connectivity index is 1.75. The number of amides is 1. The molecule has 0 spiro atoms. The number of hydrogen-bond donors (Lipinski definition) is 5. The van der Waals surface area contributed by atoms with E-state index in [1.807, 2.05) is 0 Å². The van der Waals surface area contributed by atoms with Gasteiger partial charge in [-0.05, 0) is 30.9 Å². The monoisotopic (exact) mass is 447 g/mol. The number of hydrogen-bond acceptors (Lipinski definition) is 6. The first kappa shape index (κ1) is 22.4. The molecule has 6 N–H and O–H groups in total. The highest BCUT2D eigenvalue weighted by Crippen LogP contribution is 2.32. The van der Waals surface area contributed by atoms with Gasteiger partial charge in [-0.1, -0.05) is 23.8 Å². The van der Waals surface area contributed by atoms with Crippen molar-refractivity contribution in [3.63, 3.8) is 0 Å². The summed E-state index contributed by atoms with van der Waals surface area (Å²) in [4.78, 5) is 46.5. The molecule has 164 valence electrons. The van der Waals surface area contributed by atoms with Crippen LogP contribution < -0.4 is 11.1 Å². The molecule has 2 aliphatic heterocycles. The lowest BCUT2D eigenvalue weighted by Gasteiger charge is -2.35. The van der Waals surface area contributed by atoms with Crippen LogP contribution in [0.25, 0.3) is 11.4 Å². The second-order valence-electron chi connectivity index (χ2n) is 7.36. The van der Waals surface area contributed by atoms with E-state index < -0.39 is 41.8 Å². The van der Waals surface area contributed by atoms with Gasteiger partial charge in [0.1, 0.15) is 17.4 Å². The Kier molecular flexibility index (Phi) is 6.71. The van der Waals surface area contributed by atoms with Gasteiger partial charge in [-0.25, -0.2) is 14.8 Å². The number of carboxylic acid groups (broad SMARTS) is 2. The molecule has 0 saturated carbocycles. The molecule has 2 unspecified atom stereocenters. The molecular weight excluding hydrogens is 426 g/mol. The lowest BCUT2D eigenvalue weighted by molar-refractivity contribution is -0.143. The summed E-state index contributed by atoms with van der Waals surface area (Å²) in [6, 6.07) is -1.37. The van der Waals surface area contributed by atoms with Gasteiger partial charge in [0, 0.05) is 35.3 Å². The molecule has 0 radical (unpaired) electrons. The number of carbonyl (C=O) groups is 3. The van der Waals surface area contributed by atoms with Gasteiger partial charge in [0.05, 0.1) is 6.33 Å². The highest BCUT2D eigenvalue weighted by atomic mass is 35.5. The van der Waals surface area contributed by atoms with E-state index in [0.717, 1.165) is 11.1 Å². The van der Waals surface area contributed by atoms with Gasteiger partial charge in [0.25, 0.3) is 0 Å². The van der Waals surface area contributed by atoms with Gasteiger partial charge < -0.3 is 26.2 Å². The Bertz CT molecular complexity index is 1020. The number of fused-ring (bicyclic) bond motifs is 1. The van der Waals surface area contributed by atoms with Crippen LogP contribution in [0.5, 0.6) is 0 Å². The Morgan fingerprint density at radius 1 is 1.32 bits per heavy atom. The number of aromatic nitrogens is 3. The van der Waals surface area contributed by atoms with Crippen molar-refractivity contribution in [2.45, 2.75) is 37.3 Å². The Morgan fingerprint density at radius 3 is 2.81 bits per heavy atom. The van der Waals surface area contributed by atoms with Crippen molar-refractivity contribution in [2.24, 2.45) is 11.7 Å². The van der Waals surface area contributed by atoms with E-state index in [-0.39, 0.29) is 6.42 Å². The number of carboxylic acids is 2. The van der Waals surface area contributed by atoms with E-state index in [2.05, 4.69) is 20.3 Å². The SMILES string of the molecule is NC1(C(=O)N[C@@H](CCC(=O)O)C(=O)O)C=CC(Cl)=CC1CCc1cnc2[nH]cncc1-2. The van der Waals surface area contributed by atoms with Crippen molar-refractivity contribution < 1.29 is 24.6 Å². The molecule has 0 saturated heterocycles. The first-order valence-electron chi connectivity index (χ1n) is 9.57. The number of aryl methyl sites for hydroxylation is 1. The molecule has 3 atom stereocenters. The number of nitrogens with one attached hydrogen (secondary N) is 2. The van der Waals surface area contributed by atoms with E-state index in [0.29, 0.717) is 23.7 Å². The normalized spacial score (nSPS) is 21.5. The molecule has 3 aliphatic rings. The molecule has 0 aromatic carbocycles. The van der Waals surface area contributed by atoms with Crippen molar-refractivity contribution in [3.8, 4) is 11.4 Å². The minimum atomic E-state index is -1.55. The molecule has 1 aliphatic carbocycles. The first-order valence-corrected chi connectivity index (χ1v) is 9.95. The summed E-state index contributed by atoms with van der Waals surface area (Å²) in [5.41, 5.74) is 6.65. The Hall–Kier alpha value is -3.24. The van der Waals surface area contributed by atoms with Crippen molar-refractivity contribution in [1.29, 1.82) is 0 Å². The van der Waals surface area contributed by atoms with Crippen molar-refractivity contribution in [1.82, 2.24) is 20.3 Å². The van der Waals surface area contributed by atoms with Gasteiger partial charge >= 0.3 is 11.9 Å². The number of H-pyrrole nitrogens is 1. The van der Waals surface area contributed by atoms with Crippen LogP contribution in [0.1, 0.15) is 24.8 Å². The zero-order valence-corrected chi connectivity index (χ0v) is 17.2. The van der Waals surface area contributed by atoms with E-state index in [9.17, 15) is 19.5 Å². The first-order chi connectivity index (χ1) is 14.7.